The highest BCUT2D eigenvalue weighted by atomic mass is 32.2. The van der Waals surface area contributed by atoms with Crippen LogP contribution >= 0.6 is 11.8 Å². The third-order valence-electron chi connectivity index (χ3n) is 4.28. The van der Waals surface area contributed by atoms with Crippen molar-refractivity contribution in [3.05, 3.63) is 29.8 Å². The van der Waals surface area contributed by atoms with E-state index in [4.69, 9.17) is 11.5 Å². The number of nitrogens with zero attached hydrogens (tertiary/aromatic N) is 2. The molecule has 1 aromatic rings. The number of carbonyl (C=O) groups is 2. The minimum atomic E-state index is -0.514. The zero-order valence-electron chi connectivity index (χ0n) is 14.3. The Morgan fingerprint density at radius 1 is 1.38 bits per heavy atom. The Hall–Kier alpha value is -2.39. The van der Waals surface area contributed by atoms with Gasteiger partial charge in [-0.1, -0.05) is 17.8 Å². The van der Waals surface area contributed by atoms with E-state index in [0.29, 0.717) is 22.2 Å². The van der Waals surface area contributed by atoms with Crippen LogP contribution in [0.5, 0.6) is 0 Å². The molecule has 0 aliphatic carbocycles. The molecule has 2 heterocycles. The molecule has 2 amide bonds. The van der Waals surface area contributed by atoms with Gasteiger partial charge >= 0.3 is 0 Å². The summed E-state index contributed by atoms with van der Waals surface area (Å²) in [5, 5.41) is 6.77. The van der Waals surface area contributed by atoms with Gasteiger partial charge in [-0.05, 0) is 37.6 Å². The molecule has 2 unspecified atom stereocenters. The minimum absolute atomic E-state index is 0.0952. The Labute approximate surface area is 155 Å². The van der Waals surface area contributed by atoms with Crippen molar-refractivity contribution in [3.8, 4) is 0 Å². The maximum absolute atomic E-state index is 12.5. The number of amides is 2. The first-order valence-electron chi connectivity index (χ1n) is 8.49. The van der Waals surface area contributed by atoms with E-state index in [2.05, 4.69) is 20.6 Å². The molecular weight excluding hydrogens is 352 g/mol. The van der Waals surface area contributed by atoms with Crippen LogP contribution in [0.3, 0.4) is 0 Å². The molecule has 0 aromatic heterocycles. The summed E-state index contributed by atoms with van der Waals surface area (Å²) < 4.78 is 0. The van der Waals surface area contributed by atoms with Crippen molar-refractivity contribution in [3.63, 3.8) is 0 Å². The first-order valence-corrected chi connectivity index (χ1v) is 9.48. The van der Waals surface area contributed by atoms with E-state index in [9.17, 15) is 9.59 Å². The SMILES string of the molecule is NC(=O)c1cccc(N=C2N=C(N)C(C(=O)NC3CCCNC3)CS2)c1. The molecule has 26 heavy (non-hydrogen) atoms. The van der Waals surface area contributed by atoms with Gasteiger partial charge in [0, 0.05) is 23.9 Å². The molecule has 0 bridgehead atoms. The highest BCUT2D eigenvalue weighted by Crippen LogP contribution is 2.23. The number of rotatable bonds is 4. The third-order valence-corrected chi connectivity index (χ3v) is 5.22. The number of amidine groups is 2. The fraction of sp³-hybridized carbons (Fsp3) is 0.412. The standard InChI is InChI=1S/C17H22N6O2S/c18-14-13(16(25)21-12-5-2-6-20-8-12)9-26-17(23-14)22-11-4-1-3-10(7-11)15(19)24/h1,3-4,7,12-13,20H,2,5-6,8-9H2,(H2,19,24)(H,21,25)(H2,18,22,23). The molecule has 2 aliphatic heterocycles. The van der Waals surface area contributed by atoms with Crippen molar-refractivity contribution >= 4 is 40.3 Å². The molecule has 9 heteroatoms. The van der Waals surface area contributed by atoms with Gasteiger partial charge in [0.25, 0.3) is 0 Å². The van der Waals surface area contributed by atoms with Crippen LogP contribution in [0.2, 0.25) is 0 Å². The number of primary amides is 1. The second kappa shape index (κ2) is 8.33. The van der Waals surface area contributed by atoms with E-state index >= 15 is 0 Å². The molecule has 138 valence electrons. The average molecular weight is 374 g/mol. The summed E-state index contributed by atoms with van der Waals surface area (Å²) >= 11 is 1.36. The molecule has 1 saturated heterocycles. The quantitative estimate of drug-likeness (QED) is 0.603. The molecule has 8 nitrogen and oxygen atoms in total. The average Bonchev–Trinajstić information content (AvgIpc) is 2.63. The fourth-order valence-corrected chi connectivity index (χ4v) is 3.82. The largest absolute Gasteiger partial charge is 0.386 e. The second-order valence-corrected chi connectivity index (χ2v) is 7.25. The monoisotopic (exact) mass is 374 g/mol. The van der Waals surface area contributed by atoms with E-state index in [-0.39, 0.29) is 17.8 Å². The van der Waals surface area contributed by atoms with Crippen LogP contribution in [0.15, 0.2) is 34.3 Å². The van der Waals surface area contributed by atoms with Gasteiger partial charge in [-0.15, -0.1) is 0 Å². The maximum Gasteiger partial charge on any atom is 0.248 e. The van der Waals surface area contributed by atoms with Crippen molar-refractivity contribution < 1.29 is 9.59 Å². The van der Waals surface area contributed by atoms with Gasteiger partial charge in [0.2, 0.25) is 11.8 Å². The van der Waals surface area contributed by atoms with E-state index < -0.39 is 11.8 Å². The van der Waals surface area contributed by atoms with Gasteiger partial charge in [0.15, 0.2) is 5.17 Å². The van der Waals surface area contributed by atoms with Crippen molar-refractivity contribution in [2.45, 2.75) is 18.9 Å². The Morgan fingerprint density at radius 2 is 2.23 bits per heavy atom. The van der Waals surface area contributed by atoms with Crippen molar-refractivity contribution in [2.24, 2.45) is 27.4 Å². The van der Waals surface area contributed by atoms with Gasteiger partial charge in [0.1, 0.15) is 11.8 Å². The highest BCUT2D eigenvalue weighted by Gasteiger charge is 2.29. The van der Waals surface area contributed by atoms with Gasteiger partial charge in [-0.3, -0.25) is 9.59 Å². The molecule has 3 rings (SSSR count). The molecule has 1 aromatic carbocycles. The summed E-state index contributed by atoms with van der Waals surface area (Å²) in [4.78, 5) is 32.4. The highest BCUT2D eigenvalue weighted by molar-refractivity contribution is 8.14. The summed E-state index contributed by atoms with van der Waals surface area (Å²) in [5.41, 5.74) is 12.2. The van der Waals surface area contributed by atoms with E-state index in [1.54, 1.807) is 24.3 Å². The lowest BCUT2D eigenvalue weighted by atomic mass is 10.1. The molecule has 0 saturated carbocycles. The number of hydrogen-bond donors (Lipinski definition) is 4. The summed E-state index contributed by atoms with van der Waals surface area (Å²) in [6, 6.07) is 6.81. The van der Waals surface area contributed by atoms with Crippen molar-refractivity contribution in [1.82, 2.24) is 10.6 Å². The Morgan fingerprint density at radius 3 is 2.92 bits per heavy atom. The number of carbonyl (C=O) groups excluding carboxylic acids is 2. The zero-order valence-corrected chi connectivity index (χ0v) is 15.1. The van der Waals surface area contributed by atoms with Crippen LogP contribution in [-0.4, -0.2) is 47.7 Å². The van der Waals surface area contributed by atoms with E-state index in [1.807, 2.05) is 0 Å². The Bertz CT molecular complexity index is 757. The van der Waals surface area contributed by atoms with Crippen LogP contribution in [0, 0.1) is 5.92 Å². The van der Waals surface area contributed by atoms with Crippen LogP contribution in [0.1, 0.15) is 23.2 Å². The number of benzene rings is 1. The fourth-order valence-electron chi connectivity index (χ4n) is 2.85. The van der Waals surface area contributed by atoms with E-state index in [1.165, 1.54) is 11.8 Å². The van der Waals surface area contributed by atoms with Crippen LogP contribution < -0.4 is 22.1 Å². The van der Waals surface area contributed by atoms with Crippen molar-refractivity contribution in [2.75, 3.05) is 18.8 Å². The molecule has 0 radical (unpaired) electrons. The predicted molar refractivity (Wildman–Crippen MR) is 104 cm³/mol. The first-order chi connectivity index (χ1) is 12.5. The summed E-state index contributed by atoms with van der Waals surface area (Å²) in [6.45, 7) is 1.78. The molecule has 1 fully saturated rings. The predicted octanol–water partition coefficient (Wildman–Crippen LogP) is 0.361. The maximum atomic E-state index is 12.5. The molecule has 2 atom stereocenters. The van der Waals surface area contributed by atoms with Gasteiger partial charge in [-0.2, -0.15) is 0 Å². The number of aliphatic imine (C=N–C) groups is 2. The molecular formula is C17H22N6O2S. The zero-order chi connectivity index (χ0) is 18.5. The summed E-state index contributed by atoms with van der Waals surface area (Å²) in [7, 11) is 0. The van der Waals surface area contributed by atoms with Crippen LogP contribution in [0.25, 0.3) is 0 Å². The number of piperidine rings is 1. The topological polar surface area (TPSA) is 135 Å². The molecule has 2 aliphatic rings. The summed E-state index contributed by atoms with van der Waals surface area (Å²) in [6.07, 6.45) is 2.02. The third kappa shape index (κ3) is 4.61. The van der Waals surface area contributed by atoms with Gasteiger partial charge in [0.05, 0.1) is 5.69 Å². The van der Waals surface area contributed by atoms with Gasteiger partial charge < -0.3 is 22.1 Å². The Kier molecular flexibility index (Phi) is 5.89. The number of hydrogen-bond acceptors (Lipinski definition) is 6. The lowest BCUT2D eigenvalue weighted by Gasteiger charge is -2.27. The number of nitrogens with one attached hydrogen (secondary N) is 2. The minimum Gasteiger partial charge on any atom is -0.386 e. The smallest absolute Gasteiger partial charge is 0.248 e. The lowest BCUT2D eigenvalue weighted by Crippen LogP contribution is -2.50. The second-order valence-electron chi connectivity index (χ2n) is 6.26. The first kappa shape index (κ1) is 18.4. The van der Waals surface area contributed by atoms with Gasteiger partial charge in [-0.25, -0.2) is 9.98 Å². The number of nitrogens with two attached hydrogens (primary N) is 2. The molecule has 6 N–H and O–H groups in total. The lowest BCUT2D eigenvalue weighted by molar-refractivity contribution is -0.123. The van der Waals surface area contributed by atoms with Crippen LogP contribution in [-0.2, 0) is 4.79 Å². The van der Waals surface area contributed by atoms with E-state index in [0.717, 1.165) is 25.9 Å². The van der Waals surface area contributed by atoms with Crippen molar-refractivity contribution in [1.29, 1.82) is 0 Å². The Balaban J connectivity index is 1.67. The summed E-state index contributed by atoms with van der Waals surface area (Å²) in [5.74, 6) is -0.328. The number of thioether (sulfide) groups is 1. The molecule has 0 spiro atoms. The van der Waals surface area contributed by atoms with Crippen LogP contribution in [0.4, 0.5) is 5.69 Å². The normalized spacial score (nSPS) is 24.8.